The lowest BCUT2D eigenvalue weighted by Gasteiger charge is -2.09. The van der Waals surface area contributed by atoms with Gasteiger partial charge in [-0.15, -0.1) is 0 Å². The fourth-order valence-corrected chi connectivity index (χ4v) is 4.61. The zero-order chi connectivity index (χ0) is 20.5. The molecule has 9 nitrogen and oxygen atoms in total. The Labute approximate surface area is 162 Å². The van der Waals surface area contributed by atoms with Gasteiger partial charge in [-0.3, -0.25) is 4.57 Å². The maximum atomic E-state index is 12.4. The van der Waals surface area contributed by atoms with Crippen molar-refractivity contribution < 1.29 is 21.3 Å². The zero-order valence-corrected chi connectivity index (χ0v) is 16.8. The Morgan fingerprint density at radius 3 is 2.04 bits per heavy atom. The number of aryl methyl sites for hydroxylation is 2. The Morgan fingerprint density at radius 2 is 1.43 bits per heavy atom. The molecule has 0 fully saturated rings. The first-order valence-electron chi connectivity index (χ1n) is 8.26. The average Bonchev–Trinajstić information content (AvgIpc) is 2.93. The number of oxazole rings is 1. The first-order chi connectivity index (χ1) is 13.1. The first kappa shape index (κ1) is 20.3. The summed E-state index contributed by atoms with van der Waals surface area (Å²) >= 11 is 0. The van der Waals surface area contributed by atoms with Crippen molar-refractivity contribution in [3.63, 3.8) is 0 Å². The van der Waals surface area contributed by atoms with Crippen molar-refractivity contribution in [1.82, 2.24) is 14.0 Å². The molecule has 3 aromatic rings. The molecule has 3 rings (SSSR count). The molecule has 0 aliphatic rings. The summed E-state index contributed by atoms with van der Waals surface area (Å²) in [6.07, 6.45) is 0. The van der Waals surface area contributed by atoms with Crippen molar-refractivity contribution in [2.75, 3.05) is 13.1 Å². The summed E-state index contributed by atoms with van der Waals surface area (Å²) in [4.78, 5) is 11.5. The van der Waals surface area contributed by atoms with Crippen LogP contribution in [0.5, 0.6) is 0 Å². The van der Waals surface area contributed by atoms with Gasteiger partial charge in [-0.1, -0.05) is 17.7 Å². The van der Waals surface area contributed by atoms with Gasteiger partial charge in [-0.05, 0) is 31.2 Å². The molecule has 28 heavy (non-hydrogen) atoms. The van der Waals surface area contributed by atoms with E-state index in [-0.39, 0.29) is 28.5 Å². The maximum absolute atomic E-state index is 12.4. The number of aromatic nitrogens is 1. The molecule has 0 radical (unpaired) electrons. The molecule has 0 bridgehead atoms. The Balaban J connectivity index is 1.65. The largest absolute Gasteiger partial charge is 0.419 e. The molecule has 0 aliphatic heterocycles. The van der Waals surface area contributed by atoms with Crippen LogP contribution >= 0.6 is 0 Å². The van der Waals surface area contributed by atoms with Gasteiger partial charge in [0.1, 0.15) is 0 Å². The summed E-state index contributed by atoms with van der Waals surface area (Å²) in [7, 11) is -6.11. The van der Waals surface area contributed by atoms with Gasteiger partial charge in [-0.25, -0.2) is 31.1 Å². The summed E-state index contributed by atoms with van der Waals surface area (Å²) in [5.41, 5.74) is 1.54. The molecule has 2 N–H and O–H groups in total. The lowest BCUT2D eigenvalue weighted by Crippen LogP contribution is -2.34. The van der Waals surface area contributed by atoms with E-state index >= 15 is 0 Å². The number of hydrogen-bond acceptors (Lipinski definition) is 6. The van der Waals surface area contributed by atoms with Crippen LogP contribution in [-0.4, -0.2) is 34.5 Å². The topological polar surface area (TPSA) is 127 Å². The standard InChI is InChI=1S/C17H19N3O6S2/c1-12-3-5-13(6-4-12)27(22,23)18-9-10-19-28(24,25)14-7-8-15-16(11-14)26-17(21)20(15)2/h3-8,11,18-19H,9-10H2,1-2H3. The molecule has 1 aromatic heterocycles. The number of fused-ring (bicyclic) bond motifs is 1. The lowest BCUT2D eigenvalue weighted by molar-refractivity contribution is 0.527. The van der Waals surface area contributed by atoms with E-state index in [0.29, 0.717) is 5.52 Å². The second-order valence-corrected chi connectivity index (χ2v) is 9.70. The van der Waals surface area contributed by atoms with E-state index in [1.54, 1.807) is 12.1 Å². The summed E-state index contributed by atoms with van der Waals surface area (Å²) < 4.78 is 60.0. The molecule has 150 valence electrons. The van der Waals surface area contributed by atoms with Gasteiger partial charge in [0.25, 0.3) is 0 Å². The van der Waals surface area contributed by atoms with Crippen molar-refractivity contribution in [2.24, 2.45) is 7.05 Å². The Hall–Kier alpha value is -2.47. The minimum atomic E-state index is -3.90. The Kier molecular flexibility index (Phi) is 5.44. The SMILES string of the molecule is Cc1ccc(S(=O)(=O)NCCNS(=O)(=O)c2ccc3c(c2)oc(=O)n3C)cc1. The molecule has 0 amide bonds. The smallest absolute Gasteiger partial charge is 0.408 e. The van der Waals surface area contributed by atoms with Crippen LogP contribution in [0.15, 0.2) is 61.5 Å². The number of nitrogens with one attached hydrogen (secondary N) is 2. The normalized spacial score (nSPS) is 12.5. The van der Waals surface area contributed by atoms with E-state index < -0.39 is 25.8 Å². The highest BCUT2D eigenvalue weighted by atomic mass is 32.2. The van der Waals surface area contributed by atoms with Gasteiger partial charge in [0.2, 0.25) is 20.0 Å². The van der Waals surface area contributed by atoms with Gasteiger partial charge in [0.05, 0.1) is 15.3 Å². The van der Waals surface area contributed by atoms with Crippen LogP contribution in [0.25, 0.3) is 11.1 Å². The molecule has 0 atom stereocenters. The lowest BCUT2D eigenvalue weighted by atomic mass is 10.2. The average molecular weight is 425 g/mol. The van der Waals surface area contributed by atoms with Crippen LogP contribution < -0.4 is 15.2 Å². The quantitative estimate of drug-likeness (QED) is 0.536. The first-order valence-corrected chi connectivity index (χ1v) is 11.2. The molecule has 0 unspecified atom stereocenters. The highest BCUT2D eigenvalue weighted by Crippen LogP contribution is 2.17. The molecular formula is C17H19N3O6S2. The van der Waals surface area contributed by atoms with Crippen molar-refractivity contribution in [3.05, 3.63) is 58.6 Å². The van der Waals surface area contributed by atoms with Crippen LogP contribution in [0.3, 0.4) is 0 Å². The van der Waals surface area contributed by atoms with Gasteiger partial charge >= 0.3 is 5.76 Å². The summed E-state index contributed by atoms with van der Waals surface area (Å²) in [5.74, 6) is -0.594. The predicted octanol–water partition coefficient (Wildman–Crippen LogP) is 0.697. The molecule has 1 heterocycles. The van der Waals surface area contributed by atoms with Crippen molar-refractivity contribution in [3.8, 4) is 0 Å². The molecule has 0 saturated carbocycles. The van der Waals surface area contributed by atoms with E-state index in [2.05, 4.69) is 9.44 Å². The summed E-state index contributed by atoms with van der Waals surface area (Å²) in [6.45, 7) is 1.57. The number of sulfonamides is 2. The van der Waals surface area contributed by atoms with E-state index in [9.17, 15) is 21.6 Å². The summed E-state index contributed by atoms with van der Waals surface area (Å²) in [5, 5.41) is 0. The van der Waals surface area contributed by atoms with Gasteiger partial charge in [0, 0.05) is 26.2 Å². The molecule has 11 heteroatoms. The van der Waals surface area contributed by atoms with Crippen molar-refractivity contribution >= 4 is 31.1 Å². The number of nitrogens with zero attached hydrogens (tertiary/aromatic N) is 1. The fraction of sp³-hybridized carbons (Fsp3) is 0.235. The molecular weight excluding hydrogens is 406 g/mol. The minimum Gasteiger partial charge on any atom is -0.408 e. The molecule has 2 aromatic carbocycles. The highest BCUT2D eigenvalue weighted by Gasteiger charge is 2.18. The van der Waals surface area contributed by atoms with Crippen molar-refractivity contribution in [2.45, 2.75) is 16.7 Å². The maximum Gasteiger partial charge on any atom is 0.419 e. The predicted molar refractivity (Wildman–Crippen MR) is 103 cm³/mol. The third-order valence-corrected chi connectivity index (χ3v) is 7.05. The van der Waals surface area contributed by atoms with E-state index in [1.807, 2.05) is 6.92 Å². The van der Waals surface area contributed by atoms with Crippen molar-refractivity contribution in [1.29, 1.82) is 0 Å². The van der Waals surface area contributed by atoms with E-state index in [4.69, 9.17) is 4.42 Å². The third-order valence-electron chi connectivity index (χ3n) is 4.11. The number of benzene rings is 2. The van der Waals surface area contributed by atoms with Crippen LogP contribution in [0, 0.1) is 6.92 Å². The zero-order valence-electron chi connectivity index (χ0n) is 15.2. The second-order valence-electron chi connectivity index (χ2n) is 6.17. The van der Waals surface area contributed by atoms with Crippen LogP contribution in [0.4, 0.5) is 0 Å². The van der Waals surface area contributed by atoms with E-state index in [0.717, 1.165) is 5.56 Å². The molecule has 0 saturated heterocycles. The highest BCUT2D eigenvalue weighted by molar-refractivity contribution is 7.90. The van der Waals surface area contributed by atoms with Crippen LogP contribution in [-0.2, 0) is 27.1 Å². The minimum absolute atomic E-state index is 0.0873. The van der Waals surface area contributed by atoms with Gasteiger partial charge < -0.3 is 4.42 Å². The fourth-order valence-electron chi connectivity index (χ4n) is 2.54. The van der Waals surface area contributed by atoms with Crippen LogP contribution in [0.2, 0.25) is 0 Å². The summed E-state index contributed by atoms with van der Waals surface area (Å²) in [6, 6.07) is 10.4. The molecule has 0 spiro atoms. The third kappa shape index (κ3) is 4.17. The number of rotatable bonds is 7. The second kappa shape index (κ2) is 7.51. The van der Waals surface area contributed by atoms with Gasteiger partial charge in [0.15, 0.2) is 5.58 Å². The molecule has 0 aliphatic carbocycles. The van der Waals surface area contributed by atoms with E-state index in [1.165, 1.54) is 41.9 Å². The Bertz CT molecular complexity index is 1270. The Morgan fingerprint density at radius 1 is 0.893 bits per heavy atom. The monoisotopic (exact) mass is 425 g/mol. The van der Waals surface area contributed by atoms with Gasteiger partial charge in [-0.2, -0.15) is 0 Å². The number of hydrogen-bond donors (Lipinski definition) is 2. The van der Waals surface area contributed by atoms with Crippen LogP contribution in [0.1, 0.15) is 5.56 Å².